The molecule has 2 aromatic rings. The number of benzene rings is 2. The molecule has 0 radical (unpaired) electrons. The van der Waals surface area contributed by atoms with Gasteiger partial charge in [0.05, 0.1) is 0 Å². The fraction of sp³-hybridized carbons (Fsp3) is 0.524. The van der Waals surface area contributed by atoms with Gasteiger partial charge in [0.1, 0.15) is 5.82 Å². The standard InChI is InChI=1S/C21H25F/c1-14-2-3-17-11-18(7-6-16(17)10-14)19-5-4-15-8-9-21(22)13-20(15)12-19/h4-5,8-9,12-14,16-18H,2-3,6-7,10-11H2,1H3. The highest BCUT2D eigenvalue weighted by Crippen LogP contribution is 2.47. The monoisotopic (exact) mass is 296 g/mol. The van der Waals surface area contributed by atoms with Crippen LogP contribution in [0.3, 0.4) is 0 Å². The summed E-state index contributed by atoms with van der Waals surface area (Å²) in [6.45, 7) is 2.42. The molecule has 0 spiro atoms. The Bertz CT molecular complexity index is 675. The van der Waals surface area contributed by atoms with Crippen molar-refractivity contribution in [3.63, 3.8) is 0 Å². The Balaban J connectivity index is 1.57. The maximum absolute atomic E-state index is 13.5. The highest BCUT2D eigenvalue weighted by Gasteiger charge is 2.34. The van der Waals surface area contributed by atoms with Gasteiger partial charge in [-0.25, -0.2) is 4.39 Å². The zero-order valence-electron chi connectivity index (χ0n) is 13.4. The molecule has 2 saturated carbocycles. The van der Waals surface area contributed by atoms with Crippen molar-refractivity contribution in [3.05, 3.63) is 47.8 Å². The quantitative estimate of drug-likeness (QED) is 0.579. The molecule has 0 nitrogen and oxygen atoms in total. The third-order valence-electron chi connectivity index (χ3n) is 6.17. The van der Waals surface area contributed by atoms with Crippen molar-refractivity contribution in [2.75, 3.05) is 0 Å². The van der Waals surface area contributed by atoms with Gasteiger partial charge in [0.15, 0.2) is 0 Å². The van der Waals surface area contributed by atoms with Gasteiger partial charge in [-0.3, -0.25) is 0 Å². The molecule has 4 atom stereocenters. The Morgan fingerprint density at radius 1 is 0.818 bits per heavy atom. The van der Waals surface area contributed by atoms with Gasteiger partial charge in [-0.15, -0.1) is 0 Å². The summed E-state index contributed by atoms with van der Waals surface area (Å²) in [4.78, 5) is 0. The molecular weight excluding hydrogens is 271 g/mol. The lowest BCUT2D eigenvalue weighted by molar-refractivity contribution is 0.124. The van der Waals surface area contributed by atoms with Crippen molar-refractivity contribution < 1.29 is 4.39 Å². The van der Waals surface area contributed by atoms with Crippen LogP contribution in [0.15, 0.2) is 36.4 Å². The first-order valence-corrected chi connectivity index (χ1v) is 8.88. The summed E-state index contributed by atoms with van der Waals surface area (Å²) in [7, 11) is 0. The van der Waals surface area contributed by atoms with Crippen molar-refractivity contribution >= 4 is 10.8 Å². The van der Waals surface area contributed by atoms with Gasteiger partial charge >= 0.3 is 0 Å². The summed E-state index contributed by atoms with van der Waals surface area (Å²) in [6, 6.07) is 11.8. The Kier molecular flexibility index (Phi) is 3.68. The van der Waals surface area contributed by atoms with Crippen LogP contribution in [0.1, 0.15) is 56.9 Å². The molecule has 22 heavy (non-hydrogen) atoms. The summed E-state index contributed by atoms with van der Waals surface area (Å²) < 4.78 is 13.5. The zero-order chi connectivity index (χ0) is 15.1. The average Bonchev–Trinajstić information content (AvgIpc) is 2.53. The van der Waals surface area contributed by atoms with Crippen molar-refractivity contribution in [1.29, 1.82) is 0 Å². The van der Waals surface area contributed by atoms with Crippen LogP contribution in [-0.4, -0.2) is 0 Å². The smallest absolute Gasteiger partial charge is 0.123 e. The number of rotatable bonds is 1. The summed E-state index contributed by atoms with van der Waals surface area (Å²) in [5, 5.41) is 2.20. The second-order valence-electron chi connectivity index (χ2n) is 7.70. The van der Waals surface area contributed by atoms with Crippen LogP contribution in [0, 0.1) is 23.6 Å². The van der Waals surface area contributed by atoms with Gasteiger partial charge in [0, 0.05) is 0 Å². The molecule has 4 unspecified atom stereocenters. The topological polar surface area (TPSA) is 0 Å². The van der Waals surface area contributed by atoms with Gasteiger partial charge in [-0.1, -0.05) is 37.6 Å². The van der Waals surface area contributed by atoms with Crippen LogP contribution in [-0.2, 0) is 0 Å². The average molecular weight is 296 g/mol. The minimum Gasteiger partial charge on any atom is -0.207 e. The lowest BCUT2D eigenvalue weighted by Crippen LogP contribution is -2.29. The maximum atomic E-state index is 13.5. The van der Waals surface area contributed by atoms with E-state index in [0.29, 0.717) is 5.92 Å². The molecule has 2 fully saturated rings. The summed E-state index contributed by atoms with van der Waals surface area (Å²) in [6.07, 6.45) is 8.33. The fourth-order valence-corrected chi connectivity index (χ4v) is 4.92. The third-order valence-corrected chi connectivity index (χ3v) is 6.17. The third kappa shape index (κ3) is 2.66. The highest BCUT2D eigenvalue weighted by atomic mass is 19.1. The molecule has 116 valence electrons. The van der Waals surface area contributed by atoms with Gasteiger partial charge in [-0.2, -0.15) is 0 Å². The van der Waals surface area contributed by atoms with Crippen LogP contribution < -0.4 is 0 Å². The lowest BCUT2D eigenvalue weighted by Gasteiger charge is -2.41. The van der Waals surface area contributed by atoms with Gasteiger partial charge in [0.25, 0.3) is 0 Å². The Labute approximate surface area is 132 Å². The Hall–Kier alpha value is -1.37. The van der Waals surface area contributed by atoms with Crippen LogP contribution in [0.4, 0.5) is 4.39 Å². The van der Waals surface area contributed by atoms with E-state index in [1.165, 1.54) is 44.1 Å². The second kappa shape index (κ2) is 5.68. The fourth-order valence-electron chi connectivity index (χ4n) is 4.92. The first kappa shape index (κ1) is 14.2. The first-order chi connectivity index (χ1) is 10.7. The van der Waals surface area contributed by atoms with Crippen molar-refractivity contribution in [2.45, 2.75) is 51.4 Å². The molecule has 1 heteroatoms. The minimum absolute atomic E-state index is 0.130. The summed E-state index contributed by atoms with van der Waals surface area (Å²) >= 11 is 0. The van der Waals surface area contributed by atoms with E-state index >= 15 is 0 Å². The molecule has 4 rings (SSSR count). The van der Waals surface area contributed by atoms with Crippen LogP contribution in [0.2, 0.25) is 0 Å². The molecule has 0 N–H and O–H groups in total. The Morgan fingerprint density at radius 3 is 2.50 bits per heavy atom. The summed E-state index contributed by atoms with van der Waals surface area (Å²) in [5.41, 5.74) is 1.43. The number of fused-ring (bicyclic) bond motifs is 2. The van der Waals surface area contributed by atoms with E-state index in [1.54, 1.807) is 12.1 Å². The highest BCUT2D eigenvalue weighted by molar-refractivity contribution is 5.83. The molecule has 2 aliphatic carbocycles. The lowest BCUT2D eigenvalue weighted by atomic mass is 9.64. The van der Waals surface area contributed by atoms with E-state index in [9.17, 15) is 4.39 Å². The molecule has 0 aliphatic heterocycles. The van der Waals surface area contributed by atoms with E-state index in [4.69, 9.17) is 0 Å². The SMILES string of the molecule is CC1CCC2CC(c3ccc4ccc(F)cc4c3)CCC2C1. The van der Waals surface area contributed by atoms with Crippen LogP contribution in [0.5, 0.6) is 0 Å². The molecule has 0 bridgehead atoms. The van der Waals surface area contributed by atoms with E-state index in [1.807, 2.05) is 6.07 Å². The van der Waals surface area contributed by atoms with Crippen molar-refractivity contribution in [2.24, 2.45) is 17.8 Å². The van der Waals surface area contributed by atoms with E-state index in [-0.39, 0.29) is 5.82 Å². The predicted octanol–water partition coefficient (Wildman–Crippen LogP) is 6.30. The van der Waals surface area contributed by atoms with E-state index in [2.05, 4.69) is 25.1 Å². The van der Waals surface area contributed by atoms with Crippen molar-refractivity contribution in [1.82, 2.24) is 0 Å². The van der Waals surface area contributed by atoms with Gasteiger partial charge < -0.3 is 0 Å². The predicted molar refractivity (Wildman–Crippen MR) is 90.5 cm³/mol. The van der Waals surface area contributed by atoms with Gasteiger partial charge in [-0.05, 0) is 84.2 Å². The maximum Gasteiger partial charge on any atom is 0.123 e. The first-order valence-electron chi connectivity index (χ1n) is 8.88. The second-order valence-corrected chi connectivity index (χ2v) is 7.70. The van der Waals surface area contributed by atoms with Gasteiger partial charge in [0.2, 0.25) is 0 Å². The molecular formula is C21H25F. The largest absolute Gasteiger partial charge is 0.207 e. The molecule has 2 aliphatic rings. The molecule has 0 amide bonds. The van der Waals surface area contributed by atoms with Crippen LogP contribution in [0.25, 0.3) is 10.8 Å². The van der Waals surface area contributed by atoms with E-state index in [0.717, 1.165) is 28.5 Å². The molecule has 0 heterocycles. The minimum atomic E-state index is -0.130. The molecule has 2 aromatic carbocycles. The Morgan fingerprint density at radius 2 is 1.59 bits per heavy atom. The normalized spacial score (nSPS) is 31.9. The number of hydrogen-bond donors (Lipinski definition) is 0. The molecule has 0 saturated heterocycles. The molecule has 0 aromatic heterocycles. The number of halogens is 1. The van der Waals surface area contributed by atoms with Crippen LogP contribution >= 0.6 is 0 Å². The van der Waals surface area contributed by atoms with Crippen molar-refractivity contribution in [3.8, 4) is 0 Å². The summed E-state index contributed by atoms with van der Waals surface area (Å²) in [5.74, 6) is 3.38. The zero-order valence-corrected chi connectivity index (χ0v) is 13.4. The van der Waals surface area contributed by atoms with E-state index < -0.39 is 0 Å². The number of hydrogen-bond acceptors (Lipinski definition) is 0.